The third-order valence-electron chi connectivity index (χ3n) is 4.32. The number of piperidine rings is 1. The van der Waals surface area contributed by atoms with Crippen LogP contribution in [0.15, 0.2) is 43.0 Å². The second kappa shape index (κ2) is 7.97. The lowest BCUT2D eigenvalue weighted by atomic mass is 10.0. The van der Waals surface area contributed by atoms with Crippen LogP contribution >= 0.6 is 0 Å². The Morgan fingerprint density at radius 1 is 1.21 bits per heavy atom. The molecule has 1 aliphatic rings. The predicted molar refractivity (Wildman–Crippen MR) is 88.9 cm³/mol. The number of pyridine rings is 2. The quantitative estimate of drug-likeness (QED) is 0.916. The van der Waals surface area contributed by atoms with E-state index in [2.05, 4.69) is 20.2 Å². The Balaban J connectivity index is 1.71. The van der Waals surface area contributed by atoms with Crippen molar-refractivity contribution in [2.45, 2.75) is 25.3 Å². The number of nitrogens with zero attached hydrogens (tertiary/aromatic N) is 3. The van der Waals surface area contributed by atoms with Gasteiger partial charge in [-0.1, -0.05) is 12.5 Å². The van der Waals surface area contributed by atoms with E-state index in [0.717, 1.165) is 24.8 Å². The second-order valence-electron chi connectivity index (χ2n) is 6.00. The number of rotatable bonds is 5. The molecule has 1 fully saturated rings. The van der Waals surface area contributed by atoms with Gasteiger partial charge in [-0.05, 0) is 43.6 Å². The van der Waals surface area contributed by atoms with Gasteiger partial charge in [0.25, 0.3) is 5.91 Å². The second-order valence-corrected chi connectivity index (χ2v) is 6.00. The summed E-state index contributed by atoms with van der Waals surface area (Å²) in [4.78, 5) is 22.6. The van der Waals surface area contributed by atoms with Gasteiger partial charge in [0.15, 0.2) is 0 Å². The Hall–Kier alpha value is -2.34. The molecule has 126 valence electrons. The van der Waals surface area contributed by atoms with Crippen LogP contribution in [0.3, 0.4) is 0 Å². The summed E-state index contributed by atoms with van der Waals surface area (Å²) in [5, 5.41) is 2.91. The van der Waals surface area contributed by atoms with E-state index in [9.17, 15) is 9.18 Å². The monoisotopic (exact) mass is 328 g/mol. The van der Waals surface area contributed by atoms with Gasteiger partial charge in [0, 0.05) is 25.1 Å². The number of aromatic nitrogens is 2. The highest BCUT2D eigenvalue weighted by Gasteiger charge is 2.23. The molecule has 0 bridgehead atoms. The summed E-state index contributed by atoms with van der Waals surface area (Å²) in [5.41, 5.74) is 1.32. The van der Waals surface area contributed by atoms with E-state index >= 15 is 0 Å². The maximum atomic E-state index is 13.2. The van der Waals surface area contributed by atoms with Gasteiger partial charge in [0.05, 0.1) is 17.8 Å². The van der Waals surface area contributed by atoms with Gasteiger partial charge in [-0.3, -0.25) is 19.7 Å². The van der Waals surface area contributed by atoms with Crippen LogP contribution in [0.4, 0.5) is 4.39 Å². The molecule has 1 aliphatic heterocycles. The number of carbonyl (C=O) groups is 1. The molecule has 1 atom stereocenters. The maximum absolute atomic E-state index is 13.2. The molecular formula is C18H21FN4O. The third kappa shape index (κ3) is 4.14. The smallest absolute Gasteiger partial charge is 0.253 e. The number of likely N-dealkylation sites (tertiary alicyclic amines) is 1. The number of carbonyl (C=O) groups excluding carboxylic acids is 1. The van der Waals surface area contributed by atoms with Crippen molar-refractivity contribution in [3.8, 4) is 0 Å². The van der Waals surface area contributed by atoms with E-state index in [1.165, 1.54) is 31.5 Å². The van der Waals surface area contributed by atoms with Gasteiger partial charge >= 0.3 is 0 Å². The molecular weight excluding hydrogens is 307 g/mol. The molecule has 1 N–H and O–H groups in total. The van der Waals surface area contributed by atoms with Gasteiger partial charge in [0.2, 0.25) is 0 Å². The summed E-state index contributed by atoms with van der Waals surface area (Å²) >= 11 is 0. The van der Waals surface area contributed by atoms with E-state index in [1.807, 2.05) is 18.3 Å². The fraction of sp³-hybridized carbons (Fsp3) is 0.389. The summed E-state index contributed by atoms with van der Waals surface area (Å²) in [6.07, 6.45) is 9.62. The van der Waals surface area contributed by atoms with E-state index in [-0.39, 0.29) is 17.5 Å². The topological polar surface area (TPSA) is 58.1 Å². The van der Waals surface area contributed by atoms with E-state index in [0.29, 0.717) is 6.54 Å². The molecule has 0 aliphatic carbocycles. The molecule has 6 heteroatoms. The minimum Gasteiger partial charge on any atom is -0.350 e. The van der Waals surface area contributed by atoms with Gasteiger partial charge in [-0.2, -0.15) is 0 Å². The van der Waals surface area contributed by atoms with Crippen LogP contribution in [0, 0.1) is 5.82 Å². The molecule has 1 amide bonds. The number of nitrogens with one attached hydrogen (secondary N) is 1. The van der Waals surface area contributed by atoms with Crippen molar-refractivity contribution in [1.29, 1.82) is 0 Å². The van der Waals surface area contributed by atoms with Crippen molar-refractivity contribution in [3.05, 3.63) is 59.9 Å². The molecule has 2 aromatic heterocycles. The average Bonchev–Trinajstić information content (AvgIpc) is 2.63. The van der Waals surface area contributed by atoms with Crippen LogP contribution in [-0.2, 0) is 0 Å². The molecule has 5 nitrogen and oxygen atoms in total. The zero-order valence-corrected chi connectivity index (χ0v) is 13.5. The molecule has 0 saturated carbocycles. The first-order valence-corrected chi connectivity index (χ1v) is 8.27. The number of halogens is 1. The average molecular weight is 328 g/mol. The summed E-state index contributed by atoms with van der Waals surface area (Å²) in [6.45, 7) is 2.48. The van der Waals surface area contributed by atoms with E-state index < -0.39 is 5.82 Å². The van der Waals surface area contributed by atoms with Crippen molar-refractivity contribution >= 4 is 5.91 Å². The van der Waals surface area contributed by atoms with Crippen molar-refractivity contribution < 1.29 is 9.18 Å². The highest BCUT2D eigenvalue weighted by molar-refractivity contribution is 5.93. The summed E-state index contributed by atoms with van der Waals surface area (Å²) in [6, 6.07) is 5.21. The molecule has 3 heterocycles. The molecule has 0 radical (unpaired) electrons. The van der Waals surface area contributed by atoms with Crippen LogP contribution in [-0.4, -0.2) is 40.4 Å². The minimum absolute atomic E-state index is 0.0736. The first kappa shape index (κ1) is 16.5. The van der Waals surface area contributed by atoms with Crippen molar-refractivity contribution in [2.24, 2.45) is 0 Å². The van der Waals surface area contributed by atoms with Gasteiger partial charge in [0.1, 0.15) is 5.82 Å². The molecule has 2 aromatic rings. The Morgan fingerprint density at radius 2 is 2.04 bits per heavy atom. The highest BCUT2D eigenvalue weighted by atomic mass is 19.1. The van der Waals surface area contributed by atoms with Crippen LogP contribution in [0.2, 0.25) is 0 Å². The summed E-state index contributed by atoms with van der Waals surface area (Å²) in [7, 11) is 0. The molecule has 0 aromatic carbocycles. The fourth-order valence-electron chi connectivity index (χ4n) is 3.09. The van der Waals surface area contributed by atoms with E-state index in [1.54, 1.807) is 6.20 Å². The maximum Gasteiger partial charge on any atom is 0.253 e. The largest absolute Gasteiger partial charge is 0.350 e. The highest BCUT2D eigenvalue weighted by Crippen LogP contribution is 2.23. The van der Waals surface area contributed by atoms with E-state index in [4.69, 9.17) is 0 Å². The predicted octanol–water partition coefficient (Wildman–Crippen LogP) is 2.57. The van der Waals surface area contributed by atoms with Crippen molar-refractivity contribution in [2.75, 3.05) is 19.6 Å². The van der Waals surface area contributed by atoms with Gasteiger partial charge in [-0.25, -0.2) is 4.39 Å². The minimum atomic E-state index is -0.512. The summed E-state index contributed by atoms with van der Waals surface area (Å²) in [5.74, 6) is -0.824. The lowest BCUT2D eigenvalue weighted by molar-refractivity contribution is 0.0923. The fourth-order valence-corrected chi connectivity index (χ4v) is 3.09. The first-order valence-electron chi connectivity index (χ1n) is 8.27. The van der Waals surface area contributed by atoms with Gasteiger partial charge < -0.3 is 5.32 Å². The van der Waals surface area contributed by atoms with Crippen LogP contribution in [0.25, 0.3) is 0 Å². The number of hydrogen-bond donors (Lipinski definition) is 1. The lowest BCUT2D eigenvalue weighted by Gasteiger charge is -2.34. The molecule has 0 spiro atoms. The normalized spacial score (nSPS) is 16.5. The summed E-state index contributed by atoms with van der Waals surface area (Å²) < 4.78 is 13.2. The number of amides is 1. The van der Waals surface area contributed by atoms with Crippen LogP contribution in [0.1, 0.15) is 41.2 Å². The zero-order chi connectivity index (χ0) is 16.8. The molecule has 1 unspecified atom stereocenters. The molecule has 24 heavy (non-hydrogen) atoms. The Morgan fingerprint density at radius 3 is 2.75 bits per heavy atom. The first-order chi connectivity index (χ1) is 11.7. The van der Waals surface area contributed by atoms with Gasteiger partial charge in [-0.15, -0.1) is 0 Å². The van der Waals surface area contributed by atoms with Crippen LogP contribution in [0.5, 0.6) is 0 Å². The molecule has 1 saturated heterocycles. The number of hydrogen-bond acceptors (Lipinski definition) is 4. The Labute approximate surface area is 140 Å². The Bertz CT molecular complexity index is 674. The SMILES string of the molecule is O=C(NCC(c1cccnc1)N1CCCCC1)c1cncc(F)c1. The molecule has 3 rings (SSSR count). The van der Waals surface area contributed by atoms with Crippen molar-refractivity contribution in [1.82, 2.24) is 20.2 Å². The Kier molecular flexibility index (Phi) is 5.48. The van der Waals surface area contributed by atoms with Crippen LogP contribution < -0.4 is 5.32 Å². The van der Waals surface area contributed by atoms with Crippen molar-refractivity contribution in [3.63, 3.8) is 0 Å². The lowest BCUT2D eigenvalue weighted by Crippen LogP contribution is -2.40. The third-order valence-corrected chi connectivity index (χ3v) is 4.32. The standard InChI is InChI=1S/C18H21FN4O/c19-16-9-15(11-21-12-16)18(24)22-13-17(14-5-4-6-20-10-14)23-7-2-1-3-8-23/h4-6,9-12,17H,1-3,7-8,13H2,(H,22,24). The zero-order valence-electron chi connectivity index (χ0n) is 13.5.